The molecule has 0 bridgehead atoms. The van der Waals surface area contributed by atoms with Crippen LogP contribution >= 0.6 is 0 Å². The minimum atomic E-state index is -0.416. The number of fused-ring (bicyclic) bond motifs is 1. The molecule has 1 fully saturated rings. The molecule has 3 aromatic carbocycles. The van der Waals surface area contributed by atoms with Crippen molar-refractivity contribution in [2.45, 2.75) is 32.4 Å². The van der Waals surface area contributed by atoms with E-state index in [1.807, 2.05) is 61.5 Å². The fraction of sp³-hybridized carbons (Fsp3) is 0.241. The zero-order chi connectivity index (χ0) is 24.4. The fourth-order valence-electron chi connectivity index (χ4n) is 4.99. The van der Waals surface area contributed by atoms with Crippen molar-refractivity contribution in [3.63, 3.8) is 0 Å². The monoisotopic (exact) mass is 469 g/mol. The van der Waals surface area contributed by atoms with Gasteiger partial charge < -0.3 is 15.2 Å². The molecule has 0 spiro atoms. The van der Waals surface area contributed by atoms with E-state index in [1.54, 1.807) is 12.1 Å². The third-order valence-electron chi connectivity index (χ3n) is 6.79. The number of aromatic nitrogens is 1. The molecule has 1 unspecified atom stereocenters. The van der Waals surface area contributed by atoms with Crippen molar-refractivity contribution in [2.75, 3.05) is 13.1 Å². The van der Waals surface area contributed by atoms with Crippen molar-refractivity contribution < 1.29 is 13.8 Å². The highest BCUT2D eigenvalue weighted by Gasteiger charge is 2.30. The number of halogens is 1. The molecule has 1 aliphatic rings. The molecule has 0 aliphatic carbocycles. The first kappa shape index (κ1) is 23.1. The predicted molar refractivity (Wildman–Crippen MR) is 136 cm³/mol. The molecule has 1 N–H and O–H groups in total. The molecule has 0 saturated carbocycles. The Morgan fingerprint density at radius 2 is 1.74 bits per heavy atom. The van der Waals surface area contributed by atoms with Crippen molar-refractivity contribution in [1.29, 1.82) is 0 Å². The van der Waals surface area contributed by atoms with Crippen LogP contribution in [0.2, 0.25) is 0 Å². The van der Waals surface area contributed by atoms with Crippen molar-refractivity contribution in [1.82, 2.24) is 10.3 Å². The number of likely N-dealkylation sites (tertiary alicyclic amines) is 1. The molecule has 1 saturated heterocycles. The smallest absolute Gasteiger partial charge is 0.253 e. The highest BCUT2D eigenvalue weighted by Crippen LogP contribution is 2.34. The largest absolute Gasteiger partial charge is 0.633 e. The summed E-state index contributed by atoms with van der Waals surface area (Å²) < 4.78 is 13.5. The van der Waals surface area contributed by atoms with E-state index in [1.165, 1.54) is 12.1 Å². The fourth-order valence-corrected chi connectivity index (χ4v) is 4.99. The van der Waals surface area contributed by atoms with Crippen molar-refractivity contribution >= 4 is 16.8 Å². The average Bonchev–Trinajstić information content (AvgIpc) is 3.30. The second-order valence-corrected chi connectivity index (χ2v) is 9.32. The van der Waals surface area contributed by atoms with Gasteiger partial charge in [-0.25, -0.2) is 9.37 Å². The number of hydroxylamine groups is 3. The summed E-state index contributed by atoms with van der Waals surface area (Å²) in [5, 5.41) is 17.3. The first-order valence-corrected chi connectivity index (χ1v) is 12.0. The number of amides is 1. The van der Waals surface area contributed by atoms with Crippen LogP contribution in [-0.4, -0.2) is 28.6 Å². The number of nitrogens with zero attached hydrogens (tertiary/aromatic N) is 2. The van der Waals surface area contributed by atoms with Crippen LogP contribution < -0.4 is 5.32 Å². The van der Waals surface area contributed by atoms with Crippen molar-refractivity contribution in [2.24, 2.45) is 0 Å². The normalized spacial score (nSPS) is 15.7. The lowest BCUT2D eigenvalue weighted by Crippen LogP contribution is -2.39. The maximum Gasteiger partial charge on any atom is 0.253 e. The standard InChI is InChI=1S/C29H28FN3O2/c1-20(22-12-9-13-23(30)18-22)31-29(34)27-24-14-5-6-15-26(24)32-28(21-10-3-2-4-11-21)25(27)19-33(35)16-7-8-17-33/h2-6,9-15,18,20H,7-8,16-17,19H2,1H3,(H,31,34). The number of carbonyl (C=O) groups is 1. The Morgan fingerprint density at radius 1 is 1.03 bits per heavy atom. The summed E-state index contributed by atoms with van der Waals surface area (Å²) in [6.45, 7) is 3.07. The minimum absolute atomic E-state index is 0.180. The van der Waals surface area contributed by atoms with Gasteiger partial charge in [0, 0.05) is 29.4 Å². The number of hydrogen-bond acceptors (Lipinski definition) is 3. The van der Waals surface area contributed by atoms with E-state index < -0.39 is 6.04 Å². The summed E-state index contributed by atoms with van der Waals surface area (Å²) in [6.07, 6.45) is 1.76. The van der Waals surface area contributed by atoms with Gasteiger partial charge in [0.15, 0.2) is 0 Å². The van der Waals surface area contributed by atoms with Crippen LogP contribution in [0.25, 0.3) is 22.2 Å². The molecule has 1 amide bonds. The summed E-state index contributed by atoms with van der Waals surface area (Å²) in [7, 11) is 0. The molecule has 4 aromatic rings. The van der Waals surface area contributed by atoms with Gasteiger partial charge in [0.25, 0.3) is 5.91 Å². The average molecular weight is 470 g/mol. The molecule has 178 valence electrons. The number of pyridine rings is 1. The number of benzene rings is 3. The van der Waals surface area contributed by atoms with Crippen LogP contribution in [-0.2, 0) is 6.54 Å². The van der Waals surface area contributed by atoms with E-state index in [4.69, 9.17) is 4.98 Å². The zero-order valence-corrected chi connectivity index (χ0v) is 19.7. The van der Waals surface area contributed by atoms with E-state index in [0.717, 1.165) is 18.4 Å². The Morgan fingerprint density at radius 3 is 2.49 bits per heavy atom. The van der Waals surface area contributed by atoms with Crippen molar-refractivity contribution in [3.8, 4) is 11.3 Å². The molecule has 6 heteroatoms. The molecular formula is C29H28FN3O2. The van der Waals surface area contributed by atoms with Crippen LogP contribution in [0.4, 0.5) is 4.39 Å². The number of para-hydroxylation sites is 1. The molecule has 35 heavy (non-hydrogen) atoms. The van der Waals surface area contributed by atoms with E-state index in [2.05, 4.69) is 5.32 Å². The maximum atomic E-state index is 13.9. The van der Waals surface area contributed by atoms with Gasteiger partial charge in [-0.3, -0.25) is 4.79 Å². The zero-order valence-electron chi connectivity index (χ0n) is 19.7. The minimum Gasteiger partial charge on any atom is -0.633 e. The second kappa shape index (κ2) is 9.56. The SMILES string of the molecule is CC(NC(=O)c1c(C[N+]2([O-])CCCC2)c(-c2ccccc2)nc2ccccc12)c1cccc(F)c1. The number of hydrogen-bond donors (Lipinski definition) is 1. The number of carbonyl (C=O) groups excluding carboxylic acids is 1. The lowest BCUT2D eigenvalue weighted by Gasteiger charge is -2.39. The van der Waals surface area contributed by atoms with Gasteiger partial charge in [-0.05, 0) is 30.7 Å². The Balaban J connectivity index is 1.67. The van der Waals surface area contributed by atoms with E-state index >= 15 is 0 Å². The third-order valence-corrected chi connectivity index (χ3v) is 6.79. The van der Waals surface area contributed by atoms with E-state index in [-0.39, 0.29) is 22.9 Å². The lowest BCUT2D eigenvalue weighted by molar-refractivity contribution is -0.881. The van der Waals surface area contributed by atoms with Crippen LogP contribution in [0.5, 0.6) is 0 Å². The van der Waals surface area contributed by atoms with Gasteiger partial charge in [0.05, 0.1) is 35.9 Å². The van der Waals surface area contributed by atoms with Gasteiger partial charge in [-0.2, -0.15) is 0 Å². The summed E-state index contributed by atoms with van der Waals surface area (Å²) in [6, 6.07) is 23.0. The Kier molecular flexibility index (Phi) is 6.32. The lowest BCUT2D eigenvalue weighted by atomic mass is 9.95. The Hall–Kier alpha value is -3.61. The molecule has 0 radical (unpaired) electrons. The molecule has 1 aromatic heterocycles. The van der Waals surface area contributed by atoms with Gasteiger partial charge >= 0.3 is 0 Å². The molecule has 5 nitrogen and oxygen atoms in total. The molecule has 1 aliphatic heterocycles. The van der Waals surface area contributed by atoms with Crippen molar-refractivity contribution in [3.05, 3.63) is 107 Å². The third kappa shape index (κ3) is 4.81. The van der Waals surface area contributed by atoms with Crippen LogP contribution in [0.3, 0.4) is 0 Å². The van der Waals surface area contributed by atoms with Gasteiger partial charge in [0.2, 0.25) is 0 Å². The van der Waals surface area contributed by atoms with E-state index in [0.29, 0.717) is 46.4 Å². The van der Waals surface area contributed by atoms with Gasteiger partial charge in [0.1, 0.15) is 12.4 Å². The quantitative estimate of drug-likeness (QED) is 0.272. The Labute approximate surface area is 204 Å². The summed E-state index contributed by atoms with van der Waals surface area (Å²) in [5.41, 5.74) is 4.03. The number of rotatable bonds is 6. The molecule has 2 heterocycles. The maximum absolute atomic E-state index is 13.9. The van der Waals surface area contributed by atoms with Gasteiger partial charge in [-0.15, -0.1) is 0 Å². The predicted octanol–water partition coefficient (Wildman–Crippen LogP) is 6.14. The van der Waals surface area contributed by atoms with Crippen LogP contribution in [0.1, 0.15) is 47.3 Å². The number of quaternary nitrogens is 1. The second-order valence-electron chi connectivity index (χ2n) is 9.32. The Bertz CT molecular complexity index is 1370. The highest BCUT2D eigenvalue weighted by molar-refractivity contribution is 6.09. The summed E-state index contributed by atoms with van der Waals surface area (Å²) in [5.74, 6) is -0.643. The molecule has 1 atom stereocenters. The highest BCUT2D eigenvalue weighted by atomic mass is 19.1. The van der Waals surface area contributed by atoms with Crippen LogP contribution in [0, 0.1) is 11.0 Å². The molecule has 5 rings (SSSR count). The summed E-state index contributed by atoms with van der Waals surface area (Å²) >= 11 is 0. The molecular weight excluding hydrogens is 441 g/mol. The van der Waals surface area contributed by atoms with Gasteiger partial charge in [-0.1, -0.05) is 60.7 Å². The topological polar surface area (TPSA) is 65.0 Å². The summed E-state index contributed by atoms with van der Waals surface area (Å²) in [4.78, 5) is 18.8. The number of nitrogens with one attached hydrogen (secondary N) is 1. The van der Waals surface area contributed by atoms with E-state index in [9.17, 15) is 14.4 Å². The first-order valence-electron chi connectivity index (χ1n) is 12.0. The van der Waals surface area contributed by atoms with Crippen LogP contribution in [0.15, 0.2) is 78.9 Å². The first-order chi connectivity index (χ1) is 16.9.